The summed E-state index contributed by atoms with van der Waals surface area (Å²) < 4.78 is 0. The Labute approximate surface area is 123 Å². The zero-order valence-electron chi connectivity index (χ0n) is 13.7. The van der Waals surface area contributed by atoms with Crippen LogP contribution >= 0.6 is 0 Å². The molecule has 0 aliphatic carbocycles. The van der Waals surface area contributed by atoms with Gasteiger partial charge in [-0.2, -0.15) is 0 Å². The van der Waals surface area contributed by atoms with E-state index in [0.29, 0.717) is 6.04 Å². The van der Waals surface area contributed by atoms with Crippen LogP contribution in [0.4, 0.5) is 11.4 Å². The highest BCUT2D eigenvalue weighted by Gasteiger charge is 2.24. The van der Waals surface area contributed by atoms with Gasteiger partial charge in [0.05, 0.1) is 5.54 Å². The first-order valence-corrected chi connectivity index (χ1v) is 7.77. The molecule has 2 heteroatoms. The molecule has 0 saturated carbocycles. The number of benzene rings is 1. The average Bonchev–Trinajstić information content (AvgIpc) is 2.37. The Bertz CT molecular complexity index is 526. The molecule has 2 N–H and O–H groups in total. The number of nitrogens with one attached hydrogen (secondary N) is 2. The van der Waals surface area contributed by atoms with E-state index >= 15 is 0 Å². The van der Waals surface area contributed by atoms with Crippen LogP contribution < -0.4 is 10.6 Å². The molecule has 0 amide bonds. The molecule has 110 valence electrons. The molecule has 1 aromatic carbocycles. The molecule has 1 atom stereocenters. The Morgan fingerprint density at radius 2 is 1.95 bits per heavy atom. The van der Waals surface area contributed by atoms with E-state index in [9.17, 15) is 0 Å². The number of hydrogen-bond acceptors (Lipinski definition) is 2. The minimum absolute atomic E-state index is 0.0344. The molecule has 0 spiro atoms. The molecule has 0 aromatic heterocycles. The molecule has 0 saturated heterocycles. The third kappa shape index (κ3) is 3.00. The van der Waals surface area contributed by atoms with Gasteiger partial charge in [-0.05, 0) is 63.8 Å². The van der Waals surface area contributed by atoms with Crippen molar-refractivity contribution in [1.82, 2.24) is 0 Å². The topological polar surface area (TPSA) is 24.1 Å². The molecule has 1 aliphatic rings. The minimum Gasteiger partial charge on any atom is -0.383 e. The van der Waals surface area contributed by atoms with Crippen LogP contribution in [0.15, 0.2) is 18.2 Å². The zero-order valence-corrected chi connectivity index (χ0v) is 13.7. The molecule has 1 heterocycles. The van der Waals surface area contributed by atoms with E-state index in [4.69, 9.17) is 0 Å². The van der Waals surface area contributed by atoms with Crippen molar-refractivity contribution in [2.24, 2.45) is 0 Å². The second-order valence-corrected chi connectivity index (χ2v) is 6.54. The summed E-state index contributed by atoms with van der Waals surface area (Å²) in [5.41, 5.74) is 6.69. The monoisotopic (exact) mass is 272 g/mol. The van der Waals surface area contributed by atoms with Crippen LogP contribution in [0.2, 0.25) is 0 Å². The molecule has 0 bridgehead atoms. The van der Waals surface area contributed by atoms with Crippen LogP contribution in [0.5, 0.6) is 0 Å². The van der Waals surface area contributed by atoms with Crippen LogP contribution in [0.25, 0.3) is 5.57 Å². The second-order valence-electron chi connectivity index (χ2n) is 6.54. The summed E-state index contributed by atoms with van der Waals surface area (Å²) in [4.78, 5) is 0. The summed E-state index contributed by atoms with van der Waals surface area (Å²) in [6.07, 6.45) is 4.51. The molecule has 20 heavy (non-hydrogen) atoms. The van der Waals surface area contributed by atoms with Crippen molar-refractivity contribution in [3.05, 3.63) is 29.3 Å². The van der Waals surface area contributed by atoms with E-state index in [-0.39, 0.29) is 5.54 Å². The predicted molar refractivity (Wildman–Crippen MR) is 90.5 cm³/mol. The first-order valence-electron chi connectivity index (χ1n) is 7.77. The summed E-state index contributed by atoms with van der Waals surface area (Å²) in [7, 11) is 0. The van der Waals surface area contributed by atoms with Crippen LogP contribution in [0.3, 0.4) is 0 Å². The van der Waals surface area contributed by atoms with Gasteiger partial charge in [0.25, 0.3) is 0 Å². The molecule has 1 aliphatic heterocycles. The lowest BCUT2D eigenvalue weighted by Crippen LogP contribution is -2.32. The Balaban J connectivity index is 2.47. The minimum atomic E-state index is 0.0344. The van der Waals surface area contributed by atoms with E-state index < -0.39 is 0 Å². The van der Waals surface area contributed by atoms with E-state index in [0.717, 1.165) is 12.8 Å². The number of anilines is 2. The number of fused-ring (bicyclic) bond motifs is 1. The molecule has 2 nitrogen and oxygen atoms in total. The number of rotatable bonds is 4. The fraction of sp³-hybridized carbons (Fsp3) is 0.556. The standard InChI is InChI=1S/C18H28N2/c1-7-13(4)19-15-9-14(8-2)17-16(10-15)12(3)11-18(5,6)20-17/h9-11,13,19-20H,7-8H2,1-6H3. The lowest BCUT2D eigenvalue weighted by molar-refractivity contribution is 0.705. The van der Waals surface area contributed by atoms with Crippen molar-refractivity contribution >= 4 is 16.9 Å². The molecule has 1 unspecified atom stereocenters. The molecular weight excluding hydrogens is 244 g/mol. The van der Waals surface area contributed by atoms with E-state index in [1.165, 1.54) is 28.1 Å². The van der Waals surface area contributed by atoms with Crippen molar-refractivity contribution in [3.8, 4) is 0 Å². The summed E-state index contributed by atoms with van der Waals surface area (Å²) in [6.45, 7) is 13.3. The third-order valence-corrected chi connectivity index (χ3v) is 4.08. The van der Waals surface area contributed by atoms with Gasteiger partial charge < -0.3 is 10.6 Å². The van der Waals surface area contributed by atoms with E-state index in [1.807, 2.05) is 0 Å². The molecule has 0 radical (unpaired) electrons. The van der Waals surface area contributed by atoms with Crippen LogP contribution in [0, 0.1) is 0 Å². The lowest BCUT2D eigenvalue weighted by atomic mass is 9.88. The molecule has 0 fully saturated rings. The van der Waals surface area contributed by atoms with E-state index in [2.05, 4.69) is 70.4 Å². The van der Waals surface area contributed by atoms with Gasteiger partial charge in [0.15, 0.2) is 0 Å². The van der Waals surface area contributed by atoms with Crippen molar-refractivity contribution in [2.45, 2.75) is 66.0 Å². The van der Waals surface area contributed by atoms with E-state index in [1.54, 1.807) is 0 Å². The van der Waals surface area contributed by atoms with Gasteiger partial charge in [-0.1, -0.05) is 19.9 Å². The van der Waals surface area contributed by atoms with Gasteiger partial charge in [0.1, 0.15) is 0 Å². The van der Waals surface area contributed by atoms with Crippen LogP contribution in [0.1, 0.15) is 59.1 Å². The summed E-state index contributed by atoms with van der Waals surface area (Å²) >= 11 is 0. The van der Waals surface area contributed by atoms with Gasteiger partial charge in [0, 0.05) is 23.0 Å². The quantitative estimate of drug-likeness (QED) is 0.800. The fourth-order valence-corrected chi connectivity index (χ4v) is 2.89. The first kappa shape index (κ1) is 15.0. The van der Waals surface area contributed by atoms with Gasteiger partial charge in [-0.25, -0.2) is 0 Å². The first-order chi connectivity index (χ1) is 9.36. The average molecular weight is 272 g/mol. The highest BCUT2D eigenvalue weighted by Crippen LogP contribution is 2.38. The Kier molecular flexibility index (Phi) is 4.12. The third-order valence-electron chi connectivity index (χ3n) is 4.08. The lowest BCUT2D eigenvalue weighted by Gasteiger charge is -2.33. The Morgan fingerprint density at radius 1 is 1.25 bits per heavy atom. The second kappa shape index (κ2) is 5.51. The SMILES string of the molecule is CCc1cc(NC(C)CC)cc2c1NC(C)(C)C=C2C. The normalized spacial score (nSPS) is 17.8. The Morgan fingerprint density at radius 3 is 2.55 bits per heavy atom. The number of allylic oxidation sites excluding steroid dienone is 1. The fourth-order valence-electron chi connectivity index (χ4n) is 2.89. The highest BCUT2D eigenvalue weighted by molar-refractivity contribution is 5.84. The van der Waals surface area contributed by atoms with Gasteiger partial charge in [0.2, 0.25) is 0 Å². The maximum Gasteiger partial charge on any atom is 0.0506 e. The number of aryl methyl sites for hydroxylation is 1. The van der Waals surface area contributed by atoms with Crippen LogP contribution in [-0.4, -0.2) is 11.6 Å². The van der Waals surface area contributed by atoms with Gasteiger partial charge in [-0.3, -0.25) is 0 Å². The predicted octanol–water partition coefficient (Wildman–Crippen LogP) is 5.07. The van der Waals surface area contributed by atoms with Crippen molar-refractivity contribution in [3.63, 3.8) is 0 Å². The summed E-state index contributed by atoms with van der Waals surface area (Å²) in [5, 5.41) is 7.28. The van der Waals surface area contributed by atoms with Crippen molar-refractivity contribution in [2.75, 3.05) is 10.6 Å². The number of hydrogen-bond donors (Lipinski definition) is 2. The van der Waals surface area contributed by atoms with Crippen LogP contribution in [-0.2, 0) is 6.42 Å². The molecule has 1 aromatic rings. The summed E-state index contributed by atoms with van der Waals surface area (Å²) in [6, 6.07) is 5.09. The zero-order chi connectivity index (χ0) is 14.9. The van der Waals surface area contributed by atoms with Crippen molar-refractivity contribution in [1.29, 1.82) is 0 Å². The largest absolute Gasteiger partial charge is 0.383 e. The van der Waals surface area contributed by atoms with Gasteiger partial charge >= 0.3 is 0 Å². The van der Waals surface area contributed by atoms with Gasteiger partial charge in [-0.15, -0.1) is 0 Å². The maximum absolute atomic E-state index is 3.68. The summed E-state index contributed by atoms with van der Waals surface area (Å²) in [5.74, 6) is 0. The molecule has 2 rings (SSSR count). The maximum atomic E-state index is 3.68. The molecular formula is C18H28N2. The smallest absolute Gasteiger partial charge is 0.0506 e. The Hall–Kier alpha value is -1.44. The highest BCUT2D eigenvalue weighted by atomic mass is 15.0. The van der Waals surface area contributed by atoms with Crippen molar-refractivity contribution < 1.29 is 0 Å².